The third-order valence-electron chi connectivity index (χ3n) is 1.72. The minimum Gasteiger partial charge on any atom is -0.465 e. The second-order valence-corrected chi connectivity index (χ2v) is 2.59. The standard InChI is InChI=1S/C7H15NO3/c1-3-6(5(2)9)4-8-7(10)11/h5-6,8-9H,3-4H2,1-2H3,(H,10,11)/t5?,6-/m1/s1. The van der Waals surface area contributed by atoms with E-state index in [-0.39, 0.29) is 5.92 Å². The first-order valence-electron chi connectivity index (χ1n) is 3.72. The maximum absolute atomic E-state index is 10.0. The van der Waals surface area contributed by atoms with Crippen molar-refractivity contribution in [3.63, 3.8) is 0 Å². The molecule has 0 heterocycles. The molecular weight excluding hydrogens is 146 g/mol. The highest BCUT2D eigenvalue weighted by molar-refractivity contribution is 5.64. The number of rotatable bonds is 4. The Bertz CT molecular complexity index is 125. The number of carboxylic acid groups (broad SMARTS) is 1. The molecule has 0 aliphatic rings. The van der Waals surface area contributed by atoms with Gasteiger partial charge in [0.1, 0.15) is 0 Å². The van der Waals surface area contributed by atoms with Gasteiger partial charge >= 0.3 is 6.09 Å². The van der Waals surface area contributed by atoms with E-state index in [0.717, 1.165) is 6.42 Å². The molecule has 4 heteroatoms. The average molecular weight is 161 g/mol. The Morgan fingerprint density at radius 1 is 1.64 bits per heavy atom. The number of aliphatic hydroxyl groups is 1. The van der Waals surface area contributed by atoms with Gasteiger partial charge in [0.25, 0.3) is 0 Å². The highest BCUT2D eigenvalue weighted by Gasteiger charge is 2.12. The molecule has 1 amide bonds. The third kappa shape index (κ3) is 4.61. The van der Waals surface area contributed by atoms with Gasteiger partial charge in [0.15, 0.2) is 0 Å². The van der Waals surface area contributed by atoms with E-state index in [9.17, 15) is 4.79 Å². The molecule has 66 valence electrons. The molecule has 0 aliphatic carbocycles. The number of amides is 1. The van der Waals surface area contributed by atoms with Crippen molar-refractivity contribution in [3.8, 4) is 0 Å². The normalized spacial score (nSPS) is 15.5. The lowest BCUT2D eigenvalue weighted by molar-refractivity contribution is 0.120. The van der Waals surface area contributed by atoms with Gasteiger partial charge in [0.2, 0.25) is 0 Å². The first-order valence-corrected chi connectivity index (χ1v) is 3.72. The molecule has 0 fully saturated rings. The van der Waals surface area contributed by atoms with E-state index in [1.54, 1.807) is 6.92 Å². The van der Waals surface area contributed by atoms with Crippen LogP contribution in [0.15, 0.2) is 0 Å². The summed E-state index contributed by atoms with van der Waals surface area (Å²) in [6.45, 7) is 3.90. The highest BCUT2D eigenvalue weighted by Crippen LogP contribution is 2.06. The fraction of sp³-hybridized carbons (Fsp3) is 0.857. The summed E-state index contributed by atoms with van der Waals surface area (Å²) in [6.07, 6.45) is -0.714. The van der Waals surface area contributed by atoms with Gasteiger partial charge in [-0.2, -0.15) is 0 Å². The molecule has 0 bridgehead atoms. The first-order chi connectivity index (χ1) is 5.07. The van der Waals surface area contributed by atoms with E-state index in [0.29, 0.717) is 6.54 Å². The molecule has 0 saturated carbocycles. The van der Waals surface area contributed by atoms with Crippen LogP contribution in [-0.4, -0.2) is 29.0 Å². The van der Waals surface area contributed by atoms with Gasteiger partial charge < -0.3 is 15.5 Å². The lowest BCUT2D eigenvalue weighted by Crippen LogP contribution is -2.32. The molecule has 0 spiro atoms. The summed E-state index contributed by atoms with van der Waals surface area (Å²) in [5, 5.41) is 19.6. The van der Waals surface area contributed by atoms with Crippen molar-refractivity contribution in [2.24, 2.45) is 5.92 Å². The second kappa shape index (κ2) is 4.96. The predicted molar refractivity (Wildman–Crippen MR) is 41.5 cm³/mol. The molecule has 0 rings (SSSR count). The summed E-state index contributed by atoms with van der Waals surface area (Å²) in [5.74, 6) is 0.0195. The van der Waals surface area contributed by atoms with Gasteiger partial charge in [0.05, 0.1) is 6.10 Å². The van der Waals surface area contributed by atoms with Crippen LogP contribution in [0.5, 0.6) is 0 Å². The molecular formula is C7H15NO3. The summed E-state index contributed by atoms with van der Waals surface area (Å²) in [4.78, 5) is 10.0. The molecule has 0 aromatic heterocycles. The second-order valence-electron chi connectivity index (χ2n) is 2.59. The molecule has 0 saturated heterocycles. The average Bonchev–Trinajstić information content (AvgIpc) is 1.87. The van der Waals surface area contributed by atoms with Crippen molar-refractivity contribution in [1.29, 1.82) is 0 Å². The van der Waals surface area contributed by atoms with Crippen molar-refractivity contribution >= 4 is 6.09 Å². The molecule has 0 radical (unpaired) electrons. The number of nitrogens with one attached hydrogen (secondary N) is 1. The van der Waals surface area contributed by atoms with Crippen molar-refractivity contribution in [2.75, 3.05) is 6.54 Å². The van der Waals surface area contributed by atoms with E-state index in [1.165, 1.54) is 0 Å². The predicted octanol–water partition coefficient (Wildman–Crippen LogP) is 0.661. The molecule has 0 aromatic carbocycles. The zero-order valence-corrected chi connectivity index (χ0v) is 6.87. The SMILES string of the molecule is CC[C@H](CNC(=O)O)C(C)O. The van der Waals surface area contributed by atoms with Crippen molar-refractivity contribution < 1.29 is 15.0 Å². The first kappa shape index (κ1) is 10.2. The Morgan fingerprint density at radius 3 is 2.45 bits per heavy atom. The summed E-state index contributed by atoms with van der Waals surface area (Å²) >= 11 is 0. The molecule has 1 unspecified atom stereocenters. The number of carbonyl (C=O) groups is 1. The Kier molecular flexibility index (Phi) is 4.61. The molecule has 0 aromatic rings. The van der Waals surface area contributed by atoms with E-state index < -0.39 is 12.2 Å². The smallest absolute Gasteiger partial charge is 0.404 e. The Hall–Kier alpha value is -0.770. The topological polar surface area (TPSA) is 69.6 Å². The Balaban J connectivity index is 3.61. The summed E-state index contributed by atoms with van der Waals surface area (Å²) in [5.41, 5.74) is 0. The van der Waals surface area contributed by atoms with Crippen LogP contribution in [0, 0.1) is 5.92 Å². The lowest BCUT2D eigenvalue weighted by Gasteiger charge is -2.16. The minimum absolute atomic E-state index is 0.0195. The third-order valence-corrected chi connectivity index (χ3v) is 1.72. The minimum atomic E-state index is -1.04. The lowest BCUT2D eigenvalue weighted by atomic mass is 10.0. The van der Waals surface area contributed by atoms with Crippen LogP contribution >= 0.6 is 0 Å². The molecule has 11 heavy (non-hydrogen) atoms. The van der Waals surface area contributed by atoms with Crippen LogP contribution < -0.4 is 5.32 Å². The van der Waals surface area contributed by atoms with E-state index in [2.05, 4.69) is 5.32 Å². The molecule has 3 N–H and O–H groups in total. The van der Waals surface area contributed by atoms with Gasteiger partial charge in [0, 0.05) is 12.5 Å². The highest BCUT2D eigenvalue weighted by atomic mass is 16.4. The van der Waals surface area contributed by atoms with Crippen LogP contribution in [-0.2, 0) is 0 Å². The van der Waals surface area contributed by atoms with E-state index in [4.69, 9.17) is 10.2 Å². The molecule has 2 atom stereocenters. The number of hydrogen-bond acceptors (Lipinski definition) is 2. The van der Waals surface area contributed by atoms with Crippen LogP contribution in [0.25, 0.3) is 0 Å². The summed E-state index contributed by atoms with van der Waals surface area (Å²) < 4.78 is 0. The van der Waals surface area contributed by atoms with Crippen LogP contribution in [0.3, 0.4) is 0 Å². The summed E-state index contributed by atoms with van der Waals surface area (Å²) in [7, 11) is 0. The zero-order chi connectivity index (χ0) is 8.85. The van der Waals surface area contributed by atoms with Gasteiger partial charge in [-0.25, -0.2) is 4.79 Å². The van der Waals surface area contributed by atoms with Gasteiger partial charge in [-0.1, -0.05) is 6.92 Å². The Labute approximate surface area is 66.2 Å². The van der Waals surface area contributed by atoms with Crippen molar-refractivity contribution in [2.45, 2.75) is 26.4 Å². The van der Waals surface area contributed by atoms with Gasteiger partial charge in [-0.3, -0.25) is 0 Å². The monoisotopic (exact) mass is 161 g/mol. The fourth-order valence-corrected chi connectivity index (χ4v) is 0.874. The number of aliphatic hydroxyl groups excluding tert-OH is 1. The summed E-state index contributed by atoms with van der Waals surface area (Å²) in [6, 6.07) is 0. The van der Waals surface area contributed by atoms with E-state index in [1.807, 2.05) is 6.92 Å². The molecule has 0 aliphatic heterocycles. The largest absolute Gasteiger partial charge is 0.465 e. The maximum Gasteiger partial charge on any atom is 0.404 e. The molecule has 4 nitrogen and oxygen atoms in total. The van der Waals surface area contributed by atoms with Gasteiger partial charge in [-0.05, 0) is 13.3 Å². The van der Waals surface area contributed by atoms with Crippen molar-refractivity contribution in [3.05, 3.63) is 0 Å². The van der Waals surface area contributed by atoms with Crippen molar-refractivity contribution in [1.82, 2.24) is 5.32 Å². The zero-order valence-electron chi connectivity index (χ0n) is 6.87. The van der Waals surface area contributed by atoms with Crippen LogP contribution in [0.1, 0.15) is 20.3 Å². The maximum atomic E-state index is 10.0. The van der Waals surface area contributed by atoms with Crippen LogP contribution in [0.4, 0.5) is 4.79 Å². The van der Waals surface area contributed by atoms with Crippen LogP contribution in [0.2, 0.25) is 0 Å². The van der Waals surface area contributed by atoms with E-state index >= 15 is 0 Å². The Morgan fingerprint density at radius 2 is 2.18 bits per heavy atom. The van der Waals surface area contributed by atoms with Gasteiger partial charge in [-0.15, -0.1) is 0 Å². The quantitative estimate of drug-likeness (QED) is 0.567. The fourth-order valence-electron chi connectivity index (χ4n) is 0.874. The number of hydrogen-bond donors (Lipinski definition) is 3.